The SMILES string of the molecule is Cc1ccc(NS(=O)(=O)c2ccsc2C(=O)N(C)Cc2nc3ccccc3s2)cc1. The molecule has 0 saturated carbocycles. The van der Waals surface area contributed by atoms with Gasteiger partial charge in [0, 0.05) is 12.7 Å². The number of thiazole rings is 1. The summed E-state index contributed by atoms with van der Waals surface area (Å²) in [6.07, 6.45) is 0. The number of benzene rings is 2. The molecule has 1 amide bonds. The summed E-state index contributed by atoms with van der Waals surface area (Å²) in [6.45, 7) is 2.23. The zero-order chi connectivity index (χ0) is 21.3. The van der Waals surface area contributed by atoms with E-state index in [1.807, 2.05) is 43.3 Å². The number of fused-ring (bicyclic) bond motifs is 1. The van der Waals surface area contributed by atoms with Crippen LogP contribution >= 0.6 is 22.7 Å². The number of hydrogen-bond acceptors (Lipinski definition) is 6. The van der Waals surface area contributed by atoms with Crippen LogP contribution in [0.4, 0.5) is 5.69 Å². The molecule has 0 aliphatic rings. The number of aromatic nitrogens is 1. The van der Waals surface area contributed by atoms with E-state index in [1.165, 1.54) is 22.3 Å². The molecule has 0 bridgehead atoms. The van der Waals surface area contributed by atoms with Crippen LogP contribution in [0.5, 0.6) is 0 Å². The second-order valence-electron chi connectivity index (χ2n) is 6.82. The van der Waals surface area contributed by atoms with Gasteiger partial charge >= 0.3 is 0 Å². The first-order valence-corrected chi connectivity index (χ1v) is 12.3. The zero-order valence-corrected chi connectivity index (χ0v) is 18.8. The van der Waals surface area contributed by atoms with Crippen LogP contribution in [0.3, 0.4) is 0 Å². The van der Waals surface area contributed by atoms with Crippen molar-refractivity contribution in [2.75, 3.05) is 11.8 Å². The minimum Gasteiger partial charge on any atom is -0.334 e. The molecule has 0 spiro atoms. The van der Waals surface area contributed by atoms with E-state index in [0.29, 0.717) is 12.2 Å². The van der Waals surface area contributed by atoms with E-state index in [9.17, 15) is 13.2 Å². The van der Waals surface area contributed by atoms with Crippen molar-refractivity contribution in [1.29, 1.82) is 0 Å². The fraction of sp³-hybridized carbons (Fsp3) is 0.143. The minimum absolute atomic E-state index is 0.0192. The number of carbonyl (C=O) groups excluding carboxylic acids is 1. The lowest BCUT2D eigenvalue weighted by Crippen LogP contribution is -2.27. The molecular formula is C21H19N3O3S3. The van der Waals surface area contributed by atoms with Gasteiger partial charge in [-0.15, -0.1) is 22.7 Å². The molecule has 0 aliphatic heterocycles. The lowest BCUT2D eigenvalue weighted by molar-refractivity contribution is 0.0786. The van der Waals surface area contributed by atoms with E-state index < -0.39 is 10.0 Å². The molecule has 0 unspecified atom stereocenters. The number of carbonyl (C=O) groups is 1. The summed E-state index contributed by atoms with van der Waals surface area (Å²) in [6, 6.07) is 16.3. The molecule has 6 nitrogen and oxygen atoms in total. The molecule has 0 aliphatic carbocycles. The maximum absolute atomic E-state index is 13.0. The molecule has 0 atom stereocenters. The number of hydrogen-bond donors (Lipinski definition) is 1. The monoisotopic (exact) mass is 457 g/mol. The number of amides is 1. The van der Waals surface area contributed by atoms with Gasteiger partial charge < -0.3 is 4.90 Å². The average molecular weight is 458 g/mol. The zero-order valence-electron chi connectivity index (χ0n) is 16.3. The number of para-hydroxylation sites is 1. The van der Waals surface area contributed by atoms with E-state index in [0.717, 1.165) is 32.1 Å². The highest BCUT2D eigenvalue weighted by molar-refractivity contribution is 7.93. The maximum atomic E-state index is 13.0. The van der Waals surface area contributed by atoms with Gasteiger partial charge in [-0.05, 0) is 42.6 Å². The van der Waals surface area contributed by atoms with Crippen molar-refractivity contribution in [2.24, 2.45) is 0 Å². The van der Waals surface area contributed by atoms with Crippen molar-refractivity contribution in [3.63, 3.8) is 0 Å². The van der Waals surface area contributed by atoms with Crippen molar-refractivity contribution in [3.05, 3.63) is 75.4 Å². The van der Waals surface area contributed by atoms with Gasteiger partial charge in [-0.25, -0.2) is 13.4 Å². The first kappa shape index (κ1) is 20.5. The van der Waals surface area contributed by atoms with Crippen LogP contribution in [0.15, 0.2) is 64.9 Å². The quantitative estimate of drug-likeness (QED) is 0.454. The highest BCUT2D eigenvalue weighted by Crippen LogP contribution is 2.27. The van der Waals surface area contributed by atoms with Crippen molar-refractivity contribution >= 4 is 54.5 Å². The predicted octanol–water partition coefficient (Wildman–Crippen LogP) is 4.74. The van der Waals surface area contributed by atoms with Crippen LogP contribution in [0.1, 0.15) is 20.2 Å². The van der Waals surface area contributed by atoms with Crippen LogP contribution in [-0.2, 0) is 16.6 Å². The summed E-state index contributed by atoms with van der Waals surface area (Å²) in [5.41, 5.74) is 2.37. The van der Waals surface area contributed by atoms with Gasteiger partial charge in [-0.2, -0.15) is 0 Å². The third-order valence-electron chi connectivity index (χ3n) is 4.47. The molecular weight excluding hydrogens is 438 g/mol. The van der Waals surface area contributed by atoms with E-state index >= 15 is 0 Å². The number of nitrogens with one attached hydrogen (secondary N) is 1. The van der Waals surface area contributed by atoms with E-state index in [-0.39, 0.29) is 15.7 Å². The molecule has 2 aromatic carbocycles. The van der Waals surface area contributed by atoms with Crippen LogP contribution in [0, 0.1) is 6.92 Å². The van der Waals surface area contributed by atoms with Gasteiger partial charge in [0.1, 0.15) is 14.8 Å². The second kappa shape index (κ2) is 8.17. The number of anilines is 1. The lowest BCUT2D eigenvalue weighted by atomic mass is 10.2. The summed E-state index contributed by atoms with van der Waals surface area (Å²) in [5.74, 6) is -0.353. The first-order valence-electron chi connectivity index (χ1n) is 9.10. The Balaban J connectivity index is 1.55. The molecule has 0 saturated heterocycles. The van der Waals surface area contributed by atoms with E-state index in [2.05, 4.69) is 9.71 Å². The van der Waals surface area contributed by atoms with Crippen molar-refractivity contribution in [3.8, 4) is 0 Å². The lowest BCUT2D eigenvalue weighted by Gasteiger charge is -2.16. The molecule has 2 heterocycles. The molecule has 4 rings (SSSR count). The Labute approximate surface area is 182 Å². The fourth-order valence-corrected chi connectivity index (χ4v) is 6.43. The standard InChI is InChI=1S/C21H19N3O3S3/c1-14-7-9-15(10-8-14)23-30(26,27)18-11-12-28-20(18)21(25)24(2)13-19-22-16-5-3-4-6-17(16)29-19/h3-12,23H,13H2,1-2H3. The van der Waals surface area contributed by atoms with Crippen molar-refractivity contribution in [1.82, 2.24) is 9.88 Å². The van der Waals surface area contributed by atoms with Crippen molar-refractivity contribution < 1.29 is 13.2 Å². The number of sulfonamides is 1. The smallest absolute Gasteiger partial charge is 0.265 e. The molecule has 0 fully saturated rings. The molecule has 9 heteroatoms. The normalized spacial score (nSPS) is 11.5. The van der Waals surface area contributed by atoms with Crippen LogP contribution < -0.4 is 4.72 Å². The Morgan fingerprint density at radius 3 is 2.57 bits per heavy atom. The Hall–Kier alpha value is -2.75. The van der Waals surface area contributed by atoms with E-state index in [1.54, 1.807) is 24.6 Å². The topological polar surface area (TPSA) is 79.4 Å². The first-order chi connectivity index (χ1) is 14.3. The largest absolute Gasteiger partial charge is 0.334 e. The third-order valence-corrected chi connectivity index (χ3v) is 7.95. The summed E-state index contributed by atoms with van der Waals surface area (Å²) >= 11 is 2.63. The summed E-state index contributed by atoms with van der Waals surface area (Å²) in [7, 11) is -2.23. The molecule has 1 N–H and O–H groups in total. The predicted molar refractivity (Wildman–Crippen MR) is 122 cm³/mol. The number of rotatable bonds is 6. The van der Waals surface area contributed by atoms with Gasteiger partial charge in [0.05, 0.1) is 16.8 Å². The Morgan fingerprint density at radius 2 is 1.83 bits per heavy atom. The minimum atomic E-state index is -3.89. The molecule has 0 radical (unpaired) electrons. The highest BCUT2D eigenvalue weighted by Gasteiger charge is 2.26. The Bertz CT molecular complexity index is 1280. The Kier molecular flexibility index (Phi) is 5.59. The molecule has 154 valence electrons. The van der Waals surface area contributed by atoms with Crippen LogP contribution in [-0.4, -0.2) is 31.3 Å². The van der Waals surface area contributed by atoms with Gasteiger partial charge in [0.15, 0.2) is 0 Å². The highest BCUT2D eigenvalue weighted by atomic mass is 32.2. The fourth-order valence-electron chi connectivity index (χ4n) is 2.93. The summed E-state index contributed by atoms with van der Waals surface area (Å²) < 4.78 is 29.4. The van der Waals surface area contributed by atoms with Crippen LogP contribution in [0.25, 0.3) is 10.2 Å². The van der Waals surface area contributed by atoms with Gasteiger partial charge in [0.25, 0.3) is 15.9 Å². The number of thiophene rings is 1. The number of nitrogens with zero attached hydrogens (tertiary/aromatic N) is 2. The second-order valence-corrected chi connectivity index (χ2v) is 10.5. The van der Waals surface area contributed by atoms with Gasteiger partial charge in [0.2, 0.25) is 0 Å². The summed E-state index contributed by atoms with van der Waals surface area (Å²) in [5, 5.41) is 2.41. The van der Waals surface area contributed by atoms with E-state index in [4.69, 9.17) is 0 Å². The van der Waals surface area contributed by atoms with Gasteiger partial charge in [-0.3, -0.25) is 9.52 Å². The van der Waals surface area contributed by atoms with Gasteiger partial charge in [-0.1, -0.05) is 29.8 Å². The molecule has 30 heavy (non-hydrogen) atoms. The molecule has 2 aromatic heterocycles. The maximum Gasteiger partial charge on any atom is 0.265 e. The Morgan fingerprint density at radius 1 is 1.10 bits per heavy atom. The average Bonchev–Trinajstić information content (AvgIpc) is 3.36. The van der Waals surface area contributed by atoms with Crippen molar-refractivity contribution in [2.45, 2.75) is 18.4 Å². The third kappa shape index (κ3) is 4.23. The summed E-state index contributed by atoms with van der Waals surface area (Å²) in [4.78, 5) is 19.2. The number of aryl methyl sites for hydroxylation is 1. The van der Waals surface area contributed by atoms with Crippen LogP contribution in [0.2, 0.25) is 0 Å². The molecule has 4 aromatic rings.